The van der Waals surface area contributed by atoms with Crippen LogP contribution in [-0.2, 0) is 0 Å². The largest absolute Gasteiger partial charge is 0.245 e. The molecule has 0 aliphatic rings. The number of halogens is 1. The van der Waals surface area contributed by atoms with Gasteiger partial charge in [-0.2, -0.15) is 5.10 Å². The standard InChI is InChI=1S/C13H13BrN4/c1-9-7-10(2)17-13(16-9)18-15-8-11-3-5-12(14)6-4-11/h3-8H,1-2H3,(H,16,17,18)/b15-8+. The summed E-state index contributed by atoms with van der Waals surface area (Å²) < 4.78 is 1.05. The van der Waals surface area contributed by atoms with E-state index in [1.165, 1.54) is 0 Å². The second kappa shape index (κ2) is 5.73. The van der Waals surface area contributed by atoms with Crippen LogP contribution in [0.25, 0.3) is 0 Å². The topological polar surface area (TPSA) is 50.2 Å². The molecule has 0 aliphatic carbocycles. The van der Waals surface area contributed by atoms with Gasteiger partial charge in [0.25, 0.3) is 0 Å². The van der Waals surface area contributed by atoms with Crippen molar-refractivity contribution in [1.82, 2.24) is 9.97 Å². The van der Waals surface area contributed by atoms with Crippen molar-refractivity contribution in [3.8, 4) is 0 Å². The van der Waals surface area contributed by atoms with Crippen LogP contribution in [0.3, 0.4) is 0 Å². The molecule has 0 unspecified atom stereocenters. The first-order valence-electron chi connectivity index (χ1n) is 5.50. The Hall–Kier alpha value is -1.75. The number of benzene rings is 1. The van der Waals surface area contributed by atoms with Crippen molar-refractivity contribution in [2.45, 2.75) is 13.8 Å². The van der Waals surface area contributed by atoms with Crippen LogP contribution in [0.4, 0.5) is 5.95 Å². The van der Waals surface area contributed by atoms with Crippen LogP contribution in [0.5, 0.6) is 0 Å². The van der Waals surface area contributed by atoms with Crippen molar-refractivity contribution in [3.63, 3.8) is 0 Å². The number of aromatic nitrogens is 2. The number of hydrazone groups is 1. The molecular weight excluding hydrogens is 292 g/mol. The Balaban J connectivity index is 2.04. The minimum Gasteiger partial charge on any atom is -0.245 e. The Kier molecular flexibility index (Phi) is 4.04. The van der Waals surface area contributed by atoms with E-state index in [0.717, 1.165) is 21.4 Å². The zero-order valence-electron chi connectivity index (χ0n) is 10.2. The molecule has 1 heterocycles. The van der Waals surface area contributed by atoms with Gasteiger partial charge in [-0.05, 0) is 37.6 Å². The van der Waals surface area contributed by atoms with Crippen molar-refractivity contribution in [3.05, 3.63) is 51.8 Å². The van der Waals surface area contributed by atoms with E-state index in [2.05, 4.69) is 36.4 Å². The van der Waals surface area contributed by atoms with Crippen LogP contribution in [0, 0.1) is 13.8 Å². The van der Waals surface area contributed by atoms with Gasteiger partial charge in [0.1, 0.15) is 0 Å². The van der Waals surface area contributed by atoms with E-state index in [9.17, 15) is 0 Å². The average Bonchev–Trinajstić information content (AvgIpc) is 2.30. The molecule has 0 bridgehead atoms. The summed E-state index contributed by atoms with van der Waals surface area (Å²) in [7, 11) is 0. The van der Waals surface area contributed by atoms with E-state index in [1.807, 2.05) is 44.2 Å². The number of aryl methyl sites for hydroxylation is 2. The van der Waals surface area contributed by atoms with Crippen LogP contribution >= 0.6 is 15.9 Å². The molecule has 0 fully saturated rings. The first-order chi connectivity index (χ1) is 8.63. The number of nitrogens with one attached hydrogen (secondary N) is 1. The first kappa shape index (κ1) is 12.7. The zero-order chi connectivity index (χ0) is 13.0. The SMILES string of the molecule is Cc1cc(C)nc(N/N=C/c2ccc(Br)cc2)n1. The van der Waals surface area contributed by atoms with E-state index < -0.39 is 0 Å². The molecule has 1 aromatic carbocycles. The Bertz CT molecular complexity index is 543. The monoisotopic (exact) mass is 304 g/mol. The summed E-state index contributed by atoms with van der Waals surface area (Å²) >= 11 is 3.39. The summed E-state index contributed by atoms with van der Waals surface area (Å²) in [4.78, 5) is 8.47. The summed E-state index contributed by atoms with van der Waals surface area (Å²) in [5, 5.41) is 4.11. The van der Waals surface area contributed by atoms with Crippen LogP contribution in [0.15, 0.2) is 39.9 Å². The molecule has 0 aliphatic heterocycles. The van der Waals surface area contributed by atoms with Crippen LogP contribution in [0.1, 0.15) is 17.0 Å². The number of nitrogens with zero attached hydrogens (tertiary/aromatic N) is 3. The predicted molar refractivity (Wildman–Crippen MR) is 76.9 cm³/mol. The van der Waals surface area contributed by atoms with E-state index >= 15 is 0 Å². The molecule has 2 rings (SSSR count). The fraction of sp³-hybridized carbons (Fsp3) is 0.154. The summed E-state index contributed by atoms with van der Waals surface area (Å²) in [5.41, 5.74) is 5.67. The minimum atomic E-state index is 0.515. The van der Waals surface area contributed by atoms with Crippen molar-refractivity contribution in [2.24, 2.45) is 5.10 Å². The van der Waals surface area contributed by atoms with Crippen LogP contribution in [0.2, 0.25) is 0 Å². The molecule has 0 atom stereocenters. The van der Waals surface area contributed by atoms with Gasteiger partial charge in [0.05, 0.1) is 6.21 Å². The molecule has 1 N–H and O–H groups in total. The molecule has 18 heavy (non-hydrogen) atoms. The van der Waals surface area contributed by atoms with E-state index in [4.69, 9.17) is 0 Å². The molecule has 5 heteroatoms. The maximum atomic E-state index is 4.24. The highest BCUT2D eigenvalue weighted by molar-refractivity contribution is 9.10. The third-order valence-corrected chi connectivity index (χ3v) is 2.76. The van der Waals surface area contributed by atoms with Crippen molar-refractivity contribution >= 4 is 28.1 Å². The summed E-state index contributed by atoms with van der Waals surface area (Å²) in [6.45, 7) is 3.86. The number of rotatable bonds is 3. The molecule has 0 saturated carbocycles. The lowest BCUT2D eigenvalue weighted by molar-refractivity contribution is 1.04. The Labute approximate surface area is 114 Å². The maximum absolute atomic E-state index is 4.24. The Morgan fingerprint density at radius 1 is 1.11 bits per heavy atom. The van der Waals surface area contributed by atoms with Gasteiger partial charge in [0, 0.05) is 15.9 Å². The molecule has 0 radical (unpaired) electrons. The van der Waals surface area contributed by atoms with Crippen LogP contribution in [-0.4, -0.2) is 16.2 Å². The fourth-order valence-corrected chi connectivity index (χ4v) is 1.75. The second-order valence-corrected chi connectivity index (χ2v) is 4.81. The van der Waals surface area contributed by atoms with Gasteiger partial charge in [-0.3, -0.25) is 0 Å². The van der Waals surface area contributed by atoms with Crippen LogP contribution < -0.4 is 5.43 Å². The smallest absolute Gasteiger partial charge is 0.243 e. The quantitative estimate of drug-likeness (QED) is 0.699. The van der Waals surface area contributed by atoms with E-state index in [1.54, 1.807) is 6.21 Å². The molecule has 0 spiro atoms. The average molecular weight is 305 g/mol. The highest BCUT2D eigenvalue weighted by atomic mass is 79.9. The maximum Gasteiger partial charge on any atom is 0.243 e. The zero-order valence-corrected chi connectivity index (χ0v) is 11.8. The molecule has 1 aromatic heterocycles. The highest BCUT2D eigenvalue weighted by Gasteiger charge is 1.96. The minimum absolute atomic E-state index is 0.515. The molecule has 0 saturated heterocycles. The molecule has 4 nitrogen and oxygen atoms in total. The van der Waals surface area contributed by atoms with Crippen molar-refractivity contribution in [1.29, 1.82) is 0 Å². The van der Waals surface area contributed by atoms with Gasteiger partial charge in [-0.1, -0.05) is 28.1 Å². The fourth-order valence-electron chi connectivity index (χ4n) is 1.49. The van der Waals surface area contributed by atoms with Gasteiger partial charge < -0.3 is 0 Å². The first-order valence-corrected chi connectivity index (χ1v) is 6.30. The normalized spacial score (nSPS) is 10.8. The van der Waals surface area contributed by atoms with E-state index in [-0.39, 0.29) is 0 Å². The lowest BCUT2D eigenvalue weighted by Crippen LogP contribution is -1.99. The number of hydrogen-bond acceptors (Lipinski definition) is 4. The summed E-state index contributed by atoms with van der Waals surface area (Å²) in [5.74, 6) is 0.515. The third-order valence-electron chi connectivity index (χ3n) is 2.23. The second-order valence-electron chi connectivity index (χ2n) is 3.90. The van der Waals surface area contributed by atoms with Gasteiger partial charge >= 0.3 is 0 Å². The molecule has 92 valence electrons. The molecule has 2 aromatic rings. The Morgan fingerprint density at radius 3 is 2.33 bits per heavy atom. The third kappa shape index (κ3) is 3.63. The van der Waals surface area contributed by atoms with Crippen molar-refractivity contribution < 1.29 is 0 Å². The lowest BCUT2D eigenvalue weighted by Gasteiger charge is -2.01. The molecule has 0 amide bonds. The van der Waals surface area contributed by atoms with Crippen molar-refractivity contribution in [2.75, 3.05) is 5.43 Å². The Morgan fingerprint density at radius 2 is 1.72 bits per heavy atom. The summed E-state index contributed by atoms with van der Waals surface area (Å²) in [6.07, 6.45) is 1.73. The molecular formula is C13H13BrN4. The summed E-state index contributed by atoms with van der Waals surface area (Å²) in [6, 6.07) is 9.79. The van der Waals surface area contributed by atoms with Gasteiger partial charge in [0.2, 0.25) is 5.95 Å². The van der Waals surface area contributed by atoms with Gasteiger partial charge in [0.15, 0.2) is 0 Å². The lowest BCUT2D eigenvalue weighted by atomic mass is 10.2. The van der Waals surface area contributed by atoms with Gasteiger partial charge in [-0.15, -0.1) is 0 Å². The highest BCUT2D eigenvalue weighted by Crippen LogP contribution is 2.09. The predicted octanol–water partition coefficient (Wildman–Crippen LogP) is 3.30. The number of hydrogen-bond donors (Lipinski definition) is 1. The van der Waals surface area contributed by atoms with Gasteiger partial charge in [-0.25, -0.2) is 15.4 Å². The number of anilines is 1. The van der Waals surface area contributed by atoms with E-state index in [0.29, 0.717) is 5.95 Å².